The van der Waals surface area contributed by atoms with Crippen molar-refractivity contribution in [1.29, 1.82) is 0 Å². The summed E-state index contributed by atoms with van der Waals surface area (Å²) in [6.07, 6.45) is 7.99. The Morgan fingerprint density at radius 2 is 2.08 bits per heavy atom. The minimum absolute atomic E-state index is 0.00469. The standard InChI is InChI=1S/C20H26O4/c21-13-16-17(10-6-1-2-7-11-19(22)23)20(12-18(16)24-14-20)15-8-4-3-5-9-15/h1,3-6,8-9,16-18,21H,2,7,10-14H2,(H,22,23)/t16-,17-,18-,20-/m1/s1. The number of allylic oxidation sites excluding steroid dienone is 2. The maximum Gasteiger partial charge on any atom is 0.303 e. The Hall–Kier alpha value is -1.65. The van der Waals surface area contributed by atoms with Gasteiger partial charge in [0.1, 0.15) is 0 Å². The van der Waals surface area contributed by atoms with E-state index >= 15 is 0 Å². The molecule has 0 aromatic heterocycles. The monoisotopic (exact) mass is 330 g/mol. The normalized spacial score (nSPS) is 31.8. The van der Waals surface area contributed by atoms with E-state index in [2.05, 4.69) is 36.4 Å². The SMILES string of the molecule is O=C(O)CCCC=CC[C@@H]1[C@@H](CO)[C@H]2C[C@]1(c1ccccc1)CO2. The molecular formula is C20H26O4. The average molecular weight is 330 g/mol. The lowest BCUT2D eigenvalue weighted by molar-refractivity contribution is -0.137. The van der Waals surface area contributed by atoms with Crippen LogP contribution in [0, 0.1) is 11.8 Å². The lowest BCUT2D eigenvalue weighted by Gasteiger charge is -2.38. The minimum atomic E-state index is -0.739. The molecule has 1 aliphatic carbocycles. The molecule has 4 nitrogen and oxygen atoms in total. The Kier molecular flexibility index (Phi) is 5.36. The fourth-order valence-corrected chi connectivity index (χ4v) is 4.50. The zero-order valence-corrected chi connectivity index (χ0v) is 13.9. The molecule has 0 unspecified atom stereocenters. The summed E-state index contributed by atoms with van der Waals surface area (Å²) in [7, 11) is 0. The Morgan fingerprint density at radius 3 is 2.79 bits per heavy atom. The van der Waals surface area contributed by atoms with E-state index in [1.54, 1.807) is 0 Å². The van der Waals surface area contributed by atoms with E-state index in [9.17, 15) is 9.90 Å². The third-order valence-corrected chi connectivity index (χ3v) is 5.70. The molecule has 2 fully saturated rings. The van der Waals surface area contributed by atoms with Gasteiger partial charge in [0, 0.05) is 24.4 Å². The molecule has 2 bridgehead atoms. The van der Waals surface area contributed by atoms with Crippen LogP contribution in [-0.2, 0) is 14.9 Å². The van der Waals surface area contributed by atoms with Crippen LogP contribution in [-0.4, -0.2) is 35.5 Å². The molecule has 24 heavy (non-hydrogen) atoms. The third kappa shape index (κ3) is 3.26. The number of unbranched alkanes of at least 4 members (excludes halogenated alkanes) is 1. The quantitative estimate of drug-likeness (QED) is 0.567. The average Bonchev–Trinajstić information content (AvgIpc) is 3.16. The van der Waals surface area contributed by atoms with Crippen molar-refractivity contribution >= 4 is 5.97 Å². The van der Waals surface area contributed by atoms with Gasteiger partial charge >= 0.3 is 5.97 Å². The zero-order valence-electron chi connectivity index (χ0n) is 13.9. The van der Waals surface area contributed by atoms with Crippen molar-refractivity contribution in [3.05, 3.63) is 48.0 Å². The first-order chi connectivity index (χ1) is 11.7. The number of hydrogen-bond donors (Lipinski definition) is 2. The summed E-state index contributed by atoms with van der Waals surface area (Å²) in [4.78, 5) is 10.5. The minimum Gasteiger partial charge on any atom is -0.481 e. The number of ether oxygens (including phenoxy) is 1. The Bertz CT molecular complexity index is 583. The van der Waals surface area contributed by atoms with E-state index in [1.807, 2.05) is 6.07 Å². The van der Waals surface area contributed by atoms with E-state index in [4.69, 9.17) is 9.84 Å². The highest BCUT2D eigenvalue weighted by Gasteiger charge is 2.58. The van der Waals surface area contributed by atoms with Gasteiger partial charge in [0.2, 0.25) is 0 Å². The summed E-state index contributed by atoms with van der Waals surface area (Å²) in [6, 6.07) is 10.5. The second-order valence-electron chi connectivity index (χ2n) is 7.02. The third-order valence-electron chi connectivity index (χ3n) is 5.70. The van der Waals surface area contributed by atoms with E-state index < -0.39 is 5.97 Å². The number of hydrogen-bond acceptors (Lipinski definition) is 3. The van der Waals surface area contributed by atoms with Gasteiger partial charge in [-0.15, -0.1) is 0 Å². The van der Waals surface area contributed by atoms with Gasteiger partial charge in [0.25, 0.3) is 0 Å². The van der Waals surface area contributed by atoms with Gasteiger partial charge in [-0.3, -0.25) is 4.79 Å². The van der Waals surface area contributed by atoms with Gasteiger partial charge in [0.15, 0.2) is 0 Å². The van der Waals surface area contributed by atoms with Gasteiger partial charge in [0.05, 0.1) is 12.7 Å². The van der Waals surface area contributed by atoms with Crippen LogP contribution in [0.4, 0.5) is 0 Å². The molecule has 1 saturated heterocycles. The number of rotatable bonds is 8. The predicted octanol–water partition coefficient (Wildman–Crippen LogP) is 3.15. The summed E-state index contributed by atoms with van der Waals surface area (Å²) < 4.78 is 5.97. The molecule has 2 N–H and O–H groups in total. The van der Waals surface area contributed by atoms with Gasteiger partial charge in [-0.2, -0.15) is 0 Å². The molecular weight excluding hydrogens is 304 g/mol. The molecule has 1 heterocycles. The first-order valence-corrected chi connectivity index (χ1v) is 8.82. The van der Waals surface area contributed by atoms with Crippen LogP contribution in [0.2, 0.25) is 0 Å². The topological polar surface area (TPSA) is 66.8 Å². The summed E-state index contributed by atoms with van der Waals surface area (Å²) in [5.41, 5.74) is 1.32. The van der Waals surface area contributed by atoms with Crippen molar-refractivity contribution in [3.8, 4) is 0 Å². The molecule has 2 aliphatic rings. The molecule has 1 aliphatic heterocycles. The highest BCUT2D eigenvalue weighted by Crippen LogP contribution is 2.56. The molecule has 1 aromatic rings. The van der Waals surface area contributed by atoms with Crippen LogP contribution in [0.3, 0.4) is 0 Å². The second-order valence-corrected chi connectivity index (χ2v) is 7.02. The van der Waals surface area contributed by atoms with Gasteiger partial charge in [-0.1, -0.05) is 42.5 Å². The number of benzene rings is 1. The molecule has 4 heteroatoms. The Labute approximate surface area is 143 Å². The van der Waals surface area contributed by atoms with Crippen LogP contribution < -0.4 is 0 Å². The fraction of sp³-hybridized carbons (Fsp3) is 0.550. The first-order valence-electron chi connectivity index (χ1n) is 8.82. The van der Waals surface area contributed by atoms with Crippen molar-refractivity contribution in [2.45, 2.75) is 43.6 Å². The van der Waals surface area contributed by atoms with Crippen LogP contribution in [0.5, 0.6) is 0 Å². The van der Waals surface area contributed by atoms with Crippen molar-refractivity contribution in [2.75, 3.05) is 13.2 Å². The summed E-state index contributed by atoms with van der Waals surface area (Å²) in [6.45, 7) is 0.895. The van der Waals surface area contributed by atoms with E-state index in [1.165, 1.54) is 5.56 Å². The molecule has 3 rings (SSSR count). The van der Waals surface area contributed by atoms with E-state index in [-0.39, 0.29) is 30.5 Å². The molecule has 4 atom stereocenters. The van der Waals surface area contributed by atoms with Gasteiger partial charge in [-0.05, 0) is 37.2 Å². The maximum absolute atomic E-state index is 10.5. The van der Waals surface area contributed by atoms with E-state index in [0.29, 0.717) is 12.3 Å². The zero-order chi connectivity index (χ0) is 17.0. The number of carbonyl (C=O) groups is 1. The number of aliphatic hydroxyl groups is 1. The smallest absolute Gasteiger partial charge is 0.303 e. The van der Waals surface area contributed by atoms with Gasteiger partial charge < -0.3 is 14.9 Å². The van der Waals surface area contributed by atoms with Crippen molar-refractivity contribution in [3.63, 3.8) is 0 Å². The Morgan fingerprint density at radius 1 is 1.29 bits per heavy atom. The van der Waals surface area contributed by atoms with Gasteiger partial charge in [-0.25, -0.2) is 0 Å². The number of aliphatic hydroxyl groups excluding tert-OH is 1. The fourth-order valence-electron chi connectivity index (χ4n) is 4.50. The first kappa shape index (κ1) is 17.2. The highest BCUT2D eigenvalue weighted by molar-refractivity contribution is 5.66. The molecule has 0 radical (unpaired) electrons. The Balaban J connectivity index is 1.69. The summed E-state index contributed by atoms with van der Waals surface area (Å²) in [5, 5.41) is 18.5. The number of carboxylic acid groups (broad SMARTS) is 1. The molecule has 1 aromatic carbocycles. The number of fused-ring (bicyclic) bond motifs is 2. The largest absolute Gasteiger partial charge is 0.481 e. The highest BCUT2D eigenvalue weighted by atomic mass is 16.5. The molecule has 0 spiro atoms. The van der Waals surface area contributed by atoms with Crippen LogP contribution >= 0.6 is 0 Å². The summed E-state index contributed by atoms with van der Waals surface area (Å²) >= 11 is 0. The van der Waals surface area contributed by atoms with Crippen LogP contribution in [0.25, 0.3) is 0 Å². The summed E-state index contributed by atoms with van der Waals surface area (Å²) in [5.74, 6) is -0.181. The van der Waals surface area contributed by atoms with Crippen molar-refractivity contribution in [1.82, 2.24) is 0 Å². The van der Waals surface area contributed by atoms with Crippen molar-refractivity contribution < 1.29 is 19.7 Å². The van der Waals surface area contributed by atoms with Crippen LogP contribution in [0.15, 0.2) is 42.5 Å². The maximum atomic E-state index is 10.5. The second kappa shape index (κ2) is 7.49. The lowest BCUT2D eigenvalue weighted by Crippen LogP contribution is -2.40. The number of carboxylic acids is 1. The van der Waals surface area contributed by atoms with Crippen molar-refractivity contribution in [2.24, 2.45) is 11.8 Å². The molecule has 1 saturated carbocycles. The van der Waals surface area contributed by atoms with E-state index in [0.717, 1.165) is 25.9 Å². The molecule has 130 valence electrons. The number of aliphatic carboxylic acids is 1. The molecule has 0 amide bonds. The van der Waals surface area contributed by atoms with Crippen LogP contribution in [0.1, 0.15) is 37.7 Å². The predicted molar refractivity (Wildman–Crippen MR) is 91.8 cm³/mol. The lowest BCUT2D eigenvalue weighted by atomic mass is 9.69.